The molecule has 5 rings (SSSR count). The average Bonchev–Trinajstić information content (AvgIpc) is 3.20. The standard InChI is InChI=1S/C22H29N5OS2/c1-3-17-23-21-19(15-9-8-14(2)12-16(15)30-21)20-24-25-22(27(17)20)29-13-18(28)26-10-6-4-5-7-11-26/h14H,3-13H2,1-2H3. The lowest BCUT2D eigenvalue weighted by Gasteiger charge is -2.19. The molecule has 3 aromatic rings. The molecule has 1 amide bonds. The summed E-state index contributed by atoms with van der Waals surface area (Å²) in [4.78, 5) is 22.4. The van der Waals surface area contributed by atoms with Gasteiger partial charge in [0.15, 0.2) is 10.8 Å². The van der Waals surface area contributed by atoms with E-state index >= 15 is 0 Å². The lowest BCUT2D eigenvalue weighted by atomic mass is 9.89. The first-order chi connectivity index (χ1) is 14.7. The van der Waals surface area contributed by atoms with Crippen LogP contribution in [0.15, 0.2) is 5.16 Å². The monoisotopic (exact) mass is 443 g/mol. The van der Waals surface area contributed by atoms with E-state index in [0.29, 0.717) is 5.75 Å². The summed E-state index contributed by atoms with van der Waals surface area (Å²) >= 11 is 3.34. The fourth-order valence-corrected chi connectivity index (χ4v) is 7.00. The number of thioether (sulfide) groups is 1. The van der Waals surface area contributed by atoms with E-state index in [1.807, 2.05) is 16.2 Å². The molecule has 2 aliphatic rings. The molecule has 1 aliphatic carbocycles. The van der Waals surface area contributed by atoms with Crippen molar-refractivity contribution in [3.63, 3.8) is 0 Å². The van der Waals surface area contributed by atoms with Crippen molar-refractivity contribution in [2.75, 3.05) is 18.8 Å². The van der Waals surface area contributed by atoms with Crippen LogP contribution in [0.1, 0.15) is 62.2 Å². The van der Waals surface area contributed by atoms with Crippen LogP contribution in [-0.4, -0.2) is 49.2 Å². The van der Waals surface area contributed by atoms with Gasteiger partial charge in [0, 0.05) is 24.4 Å². The van der Waals surface area contributed by atoms with Crippen molar-refractivity contribution < 1.29 is 4.79 Å². The fourth-order valence-electron chi connectivity index (χ4n) is 4.75. The zero-order valence-electron chi connectivity index (χ0n) is 17.8. The maximum absolute atomic E-state index is 12.8. The highest BCUT2D eigenvalue weighted by Gasteiger charge is 2.26. The summed E-state index contributed by atoms with van der Waals surface area (Å²) in [6, 6.07) is 0. The van der Waals surface area contributed by atoms with Crippen LogP contribution in [0.3, 0.4) is 0 Å². The molecule has 160 valence electrons. The average molecular weight is 444 g/mol. The Morgan fingerprint density at radius 1 is 1.20 bits per heavy atom. The second-order valence-corrected chi connectivity index (χ2v) is 10.7. The van der Waals surface area contributed by atoms with Gasteiger partial charge in [-0.25, -0.2) is 4.98 Å². The van der Waals surface area contributed by atoms with Gasteiger partial charge in [0.1, 0.15) is 10.7 Å². The van der Waals surface area contributed by atoms with E-state index in [2.05, 4.69) is 28.4 Å². The molecule has 1 unspecified atom stereocenters. The van der Waals surface area contributed by atoms with Crippen LogP contribution in [0.4, 0.5) is 0 Å². The van der Waals surface area contributed by atoms with Gasteiger partial charge in [0.2, 0.25) is 5.91 Å². The molecule has 0 aromatic carbocycles. The molecule has 1 atom stereocenters. The Morgan fingerprint density at radius 3 is 2.77 bits per heavy atom. The van der Waals surface area contributed by atoms with E-state index in [-0.39, 0.29) is 5.91 Å². The highest BCUT2D eigenvalue weighted by atomic mass is 32.2. The number of aromatic nitrogens is 4. The van der Waals surface area contributed by atoms with Crippen molar-refractivity contribution in [2.45, 2.75) is 70.4 Å². The number of amides is 1. The molecule has 1 fully saturated rings. The Hall–Kier alpha value is -1.67. The Bertz CT molecular complexity index is 1080. The van der Waals surface area contributed by atoms with Gasteiger partial charge in [-0.2, -0.15) is 0 Å². The summed E-state index contributed by atoms with van der Waals surface area (Å²) in [6.07, 6.45) is 8.99. The molecule has 3 aromatic heterocycles. The Labute approximate surface area is 185 Å². The second-order valence-electron chi connectivity index (χ2n) is 8.64. The number of thiophene rings is 1. The number of carbonyl (C=O) groups is 1. The molecule has 30 heavy (non-hydrogen) atoms. The second kappa shape index (κ2) is 8.46. The van der Waals surface area contributed by atoms with Gasteiger partial charge >= 0.3 is 0 Å². The molecular formula is C22H29N5OS2. The topological polar surface area (TPSA) is 63.4 Å². The number of fused-ring (bicyclic) bond motifs is 5. The predicted octanol–water partition coefficient (Wildman–Crippen LogP) is 4.52. The van der Waals surface area contributed by atoms with Crippen molar-refractivity contribution in [1.29, 1.82) is 0 Å². The molecule has 1 aliphatic heterocycles. The van der Waals surface area contributed by atoms with Crippen LogP contribution < -0.4 is 0 Å². The summed E-state index contributed by atoms with van der Waals surface area (Å²) in [5.74, 6) is 2.36. The van der Waals surface area contributed by atoms with Crippen LogP contribution in [0.2, 0.25) is 0 Å². The van der Waals surface area contributed by atoms with Crippen LogP contribution >= 0.6 is 23.1 Å². The van der Waals surface area contributed by atoms with Crippen LogP contribution in [0, 0.1) is 5.92 Å². The first-order valence-electron chi connectivity index (χ1n) is 11.2. The highest BCUT2D eigenvalue weighted by Crippen LogP contribution is 2.39. The molecule has 1 saturated heterocycles. The number of aryl methyl sites for hydroxylation is 2. The normalized spacial score (nSPS) is 19.9. The predicted molar refractivity (Wildman–Crippen MR) is 123 cm³/mol. The van der Waals surface area contributed by atoms with Crippen LogP contribution in [0.25, 0.3) is 15.9 Å². The molecule has 0 saturated carbocycles. The van der Waals surface area contributed by atoms with E-state index in [4.69, 9.17) is 4.98 Å². The SMILES string of the molecule is CCc1nc2sc3c(c2c2nnc(SCC(=O)N4CCCCCC4)n12)CCC(C)C3. The van der Waals surface area contributed by atoms with Gasteiger partial charge in [-0.1, -0.05) is 38.5 Å². The molecule has 0 radical (unpaired) electrons. The quantitative estimate of drug-likeness (QED) is 0.555. The van der Waals surface area contributed by atoms with Crippen molar-refractivity contribution in [3.05, 3.63) is 16.3 Å². The maximum Gasteiger partial charge on any atom is 0.233 e. The van der Waals surface area contributed by atoms with E-state index < -0.39 is 0 Å². The third-order valence-electron chi connectivity index (χ3n) is 6.44. The Balaban J connectivity index is 1.47. The Morgan fingerprint density at radius 2 is 2.00 bits per heavy atom. The third kappa shape index (κ3) is 3.62. The minimum Gasteiger partial charge on any atom is -0.342 e. The van der Waals surface area contributed by atoms with Crippen molar-refractivity contribution in [1.82, 2.24) is 24.5 Å². The van der Waals surface area contributed by atoms with Crippen molar-refractivity contribution >= 4 is 44.9 Å². The maximum atomic E-state index is 12.8. The number of carbonyl (C=O) groups excluding carboxylic acids is 1. The minimum absolute atomic E-state index is 0.215. The van der Waals surface area contributed by atoms with Crippen molar-refractivity contribution in [2.24, 2.45) is 5.92 Å². The zero-order valence-corrected chi connectivity index (χ0v) is 19.4. The van der Waals surface area contributed by atoms with E-state index in [0.717, 1.165) is 72.6 Å². The summed E-state index contributed by atoms with van der Waals surface area (Å²) in [7, 11) is 0. The number of likely N-dealkylation sites (tertiary alicyclic amines) is 1. The van der Waals surface area contributed by atoms with Crippen LogP contribution in [0.5, 0.6) is 0 Å². The van der Waals surface area contributed by atoms with Gasteiger partial charge in [-0.3, -0.25) is 9.20 Å². The smallest absolute Gasteiger partial charge is 0.233 e. The van der Waals surface area contributed by atoms with Crippen molar-refractivity contribution in [3.8, 4) is 0 Å². The fraction of sp³-hybridized carbons (Fsp3) is 0.636. The minimum atomic E-state index is 0.215. The van der Waals surface area contributed by atoms with Gasteiger partial charge in [0.25, 0.3) is 0 Å². The molecular weight excluding hydrogens is 414 g/mol. The largest absolute Gasteiger partial charge is 0.342 e. The zero-order chi connectivity index (χ0) is 20.7. The lowest BCUT2D eigenvalue weighted by molar-refractivity contribution is -0.128. The highest BCUT2D eigenvalue weighted by molar-refractivity contribution is 7.99. The first kappa shape index (κ1) is 20.2. The summed E-state index contributed by atoms with van der Waals surface area (Å²) < 4.78 is 2.10. The molecule has 4 heterocycles. The van der Waals surface area contributed by atoms with Gasteiger partial charge in [-0.05, 0) is 43.6 Å². The summed E-state index contributed by atoms with van der Waals surface area (Å²) in [5, 5.41) is 11.1. The van der Waals surface area contributed by atoms with Gasteiger partial charge in [0.05, 0.1) is 11.1 Å². The number of rotatable bonds is 4. The molecule has 0 N–H and O–H groups in total. The molecule has 0 bridgehead atoms. The van der Waals surface area contributed by atoms with Gasteiger partial charge < -0.3 is 4.90 Å². The third-order valence-corrected chi connectivity index (χ3v) is 8.50. The van der Waals surface area contributed by atoms with E-state index in [1.165, 1.54) is 46.9 Å². The number of hydrogen-bond donors (Lipinski definition) is 0. The number of hydrogen-bond acceptors (Lipinski definition) is 6. The van der Waals surface area contributed by atoms with Crippen LogP contribution in [-0.2, 0) is 24.1 Å². The van der Waals surface area contributed by atoms with Gasteiger partial charge in [-0.15, -0.1) is 21.5 Å². The number of nitrogens with zero attached hydrogens (tertiary/aromatic N) is 5. The first-order valence-corrected chi connectivity index (χ1v) is 13.0. The summed E-state index contributed by atoms with van der Waals surface area (Å²) in [6.45, 7) is 6.24. The van der Waals surface area contributed by atoms with E-state index in [9.17, 15) is 4.79 Å². The molecule has 8 heteroatoms. The van der Waals surface area contributed by atoms with E-state index in [1.54, 1.807) is 0 Å². The lowest BCUT2D eigenvalue weighted by Crippen LogP contribution is -2.33. The molecule has 0 spiro atoms. The Kier molecular flexibility index (Phi) is 5.71. The summed E-state index contributed by atoms with van der Waals surface area (Å²) in [5.41, 5.74) is 2.35. The molecule has 6 nitrogen and oxygen atoms in total.